The monoisotopic (exact) mass is 368 g/mol. The Bertz CT molecular complexity index is 796. The highest BCUT2D eigenvalue weighted by Gasteiger charge is 2.25. The molecule has 1 aliphatic rings. The lowest BCUT2D eigenvalue weighted by Crippen LogP contribution is -2.26. The molecule has 6 nitrogen and oxygen atoms in total. The van der Waals surface area contributed by atoms with Crippen molar-refractivity contribution in [3.63, 3.8) is 0 Å². The van der Waals surface area contributed by atoms with Crippen LogP contribution in [-0.4, -0.2) is 35.4 Å². The third kappa shape index (κ3) is 4.90. The number of hydrogen-bond acceptors (Lipinski definition) is 6. The van der Waals surface area contributed by atoms with Gasteiger partial charge in [-0.15, -0.1) is 0 Å². The van der Waals surface area contributed by atoms with Crippen molar-refractivity contribution in [1.29, 1.82) is 0 Å². The highest BCUT2D eigenvalue weighted by atomic mass is 16.5. The number of hydrogen-bond donors (Lipinski definition) is 0. The Labute approximate surface area is 158 Å². The third-order valence-electron chi connectivity index (χ3n) is 5.00. The lowest BCUT2D eigenvalue weighted by Gasteiger charge is -2.28. The first kappa shape index (κ1) is 19.0. The maximum atomic E-state index is 11.4. The van der Waals surface area contributed by atoms with Gasteiger partial charge in [-0.3, -0.25) is 14.6 Å². The summed E-state index contributed by atoms with van der Waals surface area (Å²) in [5.74, 6) is 0.885. The average molecular weight is 368 g/mol. The van der Waals surface area contributed by atoms with Gasteiger partial charge in [-0.2, -0.15) is 0 Å². The molecule has 6 heteroatoms. The molecule has 1 fully saturated rings. The van der Waals surface area contributed by atoms with Gasteiger partial charge in [0.15, 0.2) is 6.29 Å². The highest BCUT2D eigenvalue weighted by molar-refractivity contribution is 5.75. The minimum absolute atomic E-state index is 0.126. The molecule has 0 amide bonds. The molecule has 2 aromatic rings. The second-order valence-corrected chi connectivity index (χ2v) is 6.98. The first-order valence-corrected chi connectivity index (χ1v) is 9.20. The number of carbonyl (C=O) groups is 2. The molecular weight excluding hydrogens is 344 g/mol. The maximum Gasteiger partial charge on any atom is 0.305 e. The number of pyridine rings is 2. The van der Waals surface area contributed by atoms with E-state index in [1.165, 1.54) is 7.11 Å². The molecule has 142 valence electrons. The fourth-order valence-corrected chi connectivity index (χ4v) is 3.40. The molecule has 27 heavy (non-hydrogen) atoms. The molecule has 0 bridgehead atoms. The van der Waals surface area contributed by atoms with Crippen molar-refractivity contribution in [2.75, 3.05) is 7.11 Å². The lowest BCUT2D eigenvalue weighted by molar-refractivity contribution is -0.142. The van der Waals surface area contributed by atoms with E-state index >= 15 is 0 Å². The second-order valence-electron chi connectivity index (χ2n) is 6.98. The van der Waals surface area contributed by atoms with E-state index in [1.54, 1.807) is 18.5 Å². The van der Waals surface area contributed by atoms with E-state index in [0.29, 0.717) is 23.8 Å². The van der Waals surface area contributed by atoms with Gasteiger partial charge in [-0.1, -0.05) is 0 Å². The van der Waals surface area contributed by atoms with Crippen molar-refractivity contribution < 1.29 is 19.1 Å². The van der Waals surface area contributed by atoms with Crippen LogP contribution < -0.4 is 4.74 Å². The summed E-state index contributed by atoms with van der Waals surface area (Å²) in [6, 6.07) is 5.54. The van der Waals surface area contributed by atoms with Crippen molar-refractivity contribution >= 4 is 12.3 Å². The van der Waals surface area contributed by atoms with Crippen LogP contribution in [0.1, 0.15) is 48.0 Å². The molecule has 0 N–H and O–H groups in total. The van der Waals surface area contributed by atoms with Crippen LogP contribution in [0.25, 0.3) is 11.3 Å². The summed E-state index contributed by atoms with van der Waals surface area (Å²) in [5.41, 5.74) is 3.15. The second kappa shape index (κ2) is 8.75. The number of rotatable bonds is 6. The number of methoxy groups -OCH3 is 1. The van der Waals surface area contributed by atoms with Crippen molar-refractivity contribution in [1.82, 2.24) is 9.97 Å². The van der Waals surface area contributed by atoms with Gasteiger partial charge in [0.1, 0.15) is 6.10 Å². The van der Waals surface area contributed by atoms with E-state index in [1.807, 2.05) is 19.1 Å². The number of aryl methyl sites for hydroxylation is 1. The van der Waals surface area contributed by atoms with Crippen LogP contribution in [0.4, 0.5) is 0 Å². The van der Waals surface area contributed by atoms with E-state index in [-0.39, 0.29) is 12.1 Å². The van der Waals surface area contributed by atoms with Crippen molar-refractivity contribution in [2.45, 2.75) is 45.1 Å². The SMILES string of the molecule is COC(=O)CC1CCC(Oc2ncc(-c3ccc(C=O)cn3)cc2C)CC1. The first-order valence-electron chi connectivity index (χ1n) is 9.20. The standard InChI is InChI=1S/C21H24N2O4/c1-14-9-17(19-8-5-16(13-24)11-22-19)12-23-21(14)27-18-6-3-15(4-7-18)10-20(25)26-2/h5,8-9,11-13,15,18H,3-4,6-7,10H2,1-2H3. The van der Waals surface area contributed by atoms with E-state index in [4.69, 9.17) is 9.47 Å². The lowest BCUT2D eigenvalue weighted by atomic mass is 9.85. The van der Waals surface area contributed by atoms with Gasteiger partial charge in [0.05, 0.1) is 12.8 Å². The van der Waals surface area contributed by atoms with Crippen LogP contribution in [0.2, 0.25) is 0 Å². The Hall–Kier alpha value is -2.76. The van der Waals surface area contributed by atoms with Crippen LogP contribution in [0, 0.1) is 12.8 Å². The smallest absolute Gasteiger partial charge is 0.305 e. The van der Waals surface area contributed by atoms with E-state index in [9.17, 15) is 9.59 Å². The van der Waals surface area contributed by atoms with Gasteiger partial charge in [0, 0.05) is 35.5 Å². The summed E-state index contributed by atoms with van der Waals surface area (Å²) < 4.78 is 10.8. The van der Waals surface area contributed by atoms with Gasteiger partial charge < -0.3 is 9.47 Å². The molecule has 3 rings (SSSR count). The van der Waals surface area contributed by atoms with Crippen LogP contribution in [0.3, 0.4) is 0 Å². The Morgan fingerprint density at radius 1 is 1.19 bits per heavy atom. The van der Waals surface area contributed by atoms with Crippen molar-refractivity contribution in [3.8, 4) is 17.1 Å². The summed E-state index contributed by atoms with van der Waals surface area (Å²) in [6.07, 6.45) is 8.44. The Morgan fingerprint density at radius 2 is 1.96 bits per heavy atom. The molecule has 1 saturated carbocycles. The number of aromatic nitrogens is 2. The zero-order valence-corrected chi connectivity index (χ0v) is 15.7. The van der Waals surface area contributed by atoms with E-state index < -0.39 is 0 Å². The molecule has 0 unspecified atom stereocenters. The normalized spacial score (nSPS) is 19.3. The van der Waals surface area contributed by atoms with Gasteiger partial charge in [0.25, 0.3) is 0 Å². The number of aldehydes is 1. The van der Waals surface area contributed by atoms with E-state index in [0.717, 1.165) is 48.8 Å². The molecule has 2 heterocycles. The van der Waals surface area contributed by atoms with Crippen molar-refractivity contribution in [3.05, 3.63) is 41.7 Å². The quantitative estimate of drug-likeness (QED) is 0.570. The topological polar surface area (TPSA) is 78.4 Å². The minimum atomic E-state index is -0.137. The van der Waals surface area contributed by atoms with Crippen LogP contribution >= 0.6 is 0 Å². The number of esters is 1. The zero-order chi connectivity index (χ0) is 19.2. The Morgan fingerprint density at radius 3 is 2.56 bits per heavy atom. The summed E-state index contributed by atoms with van der Waals surface area (Å²) in [4.78, 5) is 30.9. The van der Waals surface area contributed by atoms with Crippen LogP contribution in [0.15, 0.2) is 30.6 Å². The number of ether oxygens (including phenoxy) is 2. The molecule has 0 radical (unpaired) electrons. The highest BCUT2D eigenvalue weighted by Crippen LogP contribution is 2.31. The zero-order valence-electron chi connectivity index (χ0n) is 15.7. The Balaban J connectivity index is 1.60. The summed E-state index contributed by atoms with van der Waals surface area (Å²) in [5, 5.41) is 0. The maximum absolute atomic E-state index is 11.4. The fraction of sp³-hybridized carbons (Fsp3) is 0.429. The van der Waals surface area contributed by atoms with Crippen molar-refractivity contribution in [2.24, 2.45) is 5.92 Å². The van der Waals surface area contributed by atoms with Gasteiger partial charge in [0.2, 0.25) is 5.88 Å². The Kier molecular flexibility index (Phi) is 6.16. The number of carbonyl (C=O) groups excluding carboxylic acids is 2. The van der Waals surface area contributed by atoms with Gasteiger partial charge >= 0.3 is 5.97 Å². The summed E-state index contributed by atoms with van der Waals surface area (Å²) >= 11 is 0. The molecule has 2 aromatic heterocycles. The van der Waals surface area contributed by atoms with Crippen LogP contribution in [0.5, 0.6) is 5.88 Å². The van der Waals surface area contributed by atoms with Gasteiger partial charge in [-0.05, 0) is 56.7 Å². The summed E-state index contributed by atoms with van der Waals surface area (Å²) in [6.45, 7) is 1.97. The third-order valence-corrected chi connectivity index (χ3v) is 5.00. The van der Waals surface area contributed by atoms with E-state index in [2.05, 4.69) is 9.97 Å². The molecule has 0 aromatic carbocycles. The van der Waals surface area contributed by atoms with Gasteiger partial charge in [-0.25, -0.2) is 4.98 Å². The predicted molar refractivity (Wildman–Crippen MR) is 101 cm³/mol. The molecular formula is C21H24N2O4. The minimum Gasteiger partial charge on any atom is -0.474 e. The molecule has 0 atom stereocenters. The summed E-state index contributed by atoms with van der Waals surface area (Å²) in [7, 11) is 1.43. The fourth-order valence-electron chi connectivity index (χ4n) is 3.40. The predicted octanol–water partition coefficient (Wildman–Crippen LogP) is 3.77. The molecule has 1 aliphatic carbocycles. The molecule has 0 spiro atoms. The number of nitrogens with zero attached hydrogens (tertiary/aromatic N) is 2. The van der Waals surface area contributed by atoms with Crippen LogP contribution in [-0.2, 0) is 9.53 Å². The molecule has 0 saturated heterocycles. The first-order chi connectivity index (χ1) is 13.1. The average Bonchev–Trinajstić information content (AvgIpc) is 2.71. The largest absolute Gasteiger partial charge is 0.474 e. The molecule has 0 aliphatic heterocycles.